The number of ether oxygens (including phenoxy) is 2. The van der Waals surface area contributed by atoms with Crippen molar-refractivity contribution < 1.29 is 14.3 Å². The van der Waals surface area contributed by atoms with Crippen LogP contribution in [0.4, 0.5) is 0 Å². The topological polar surface area (TPSA) is 35.5 Å². The Bertz CT molecular complexity index is 366. The third-order valence-electron chi connectivity index (χ3n) is 2.99. The maximum absolute atomic E-state index is 11.8. The van der Waals surface area contributed by atoms with Crippen molar-refractivity contribution in [3.8, 4) is 5.75 Å². The average molecular weight is 234 g/mol. The van der Waals surface area contributed by atoms with Crippen molar-refractivity contribution >= 4 is 5.78 Å². The van der Waals surface area contributed by atoms with E-state index < -0.39 is 0 Å². The summed E-state index contributed by atoms with van der Waals surface area (Å²) >= 11 is 0. The molecule has 0 spiro atoms. The molecule has 17 heavy (non-hydrogen) atoms. The summed E-state index contributed by atoms with van der Waals surface area (Å²) in [6.07, 6.45) is 3.72. The Balaban J connectivity index is 1.84. The van der Waals surface area contributed by atoms with Crippen LogP contribution < -0.4 is 4.74 Å². The van der Waals surface area contributed by atoms with Crippen molar-refractivity contribution in [1.82, 2.24) is 0 Å². The van der Waals surface area contributed by atoms with Gasteiger partial charge in [0, 0.05) is 5.56 Å². The molecule has 2 rings (SSSR count). The third-order valence-corrected chi connectivity index (χ3v) is 2.99. The highest BCUT2D eigenvalue weighted by atomic mass is 16.5. The minimum atomic E-state index is 0.0416. The molecule has 0 amide bonds. The van der Waals surface area contributed by atoms with E-state index in [0.717, 1.165) is 18.6 Å². The van der Waals surface area contributed by atoms with Crippen LogP contribution in [0.5, 0.6) is 5.75 Å². The number of ketones is 1. The standard InChI is InChI=1S/C14H18O3/c1-2-16-13-8-6-11(7-9-13)14(15)10-17-12-4-3-5-12/h6-9,12H,2-5,10H2,1H3. The number of hydrogen-bond acceptors (Lipinski definition) is 3. The molecule has 0 unspecified atom stereocenters. The second kappa shape index (κ2) is 5.82. The fraction of sp³-hybridized carbons (Fsp3) is 0.500. The average Bonchev–Trinajstić information content (AvgIpc) is 2.28. The monoisotopic (exact) mass is 234 g/mol. The summed E-state index contributed by atoms with van der Waals surface area (Å²) < 4.78 is 10.8. The second-order valence-corrected chi connectivity index (χ2v) is 4.24. The Hall–Kier alpha value is -1.35. The number of carbonyl (C=O) groups excluding carboxylic acids is 1. The Labute approximate surface area is 102 Å². The largest absolute Gasteiger partial charge is 0.494 e. The molecule has 0 atom stereocenters. The Kier molecular flexibility index (Phi) is 4.15. The predicted octanol–water partition coefficient (Wildman–Crippen LogP) is 2.84. The molecule has 3 nitrogen and oxygen atoms in total. The van der Waals surface area contributed by atoms with Gasteiger partial charge in [-0.25, -0.2) is 0 Å². The Morgan fingerprint density at radius 3 is 2.53 bits per heavy atom. The zero-order valence-electron chi connectivity index (χ0n) is 10.1. The molecule has 3 heteroatoms. The van der Waals surface area contributed by atoms with Gasteiger partial charge >= 0.3 is 0 Å². The van der Waals surface area contributed by atoms with E-state index in [-0.39, 0.29) is 12.4 Å². The van der Waals surface area contributed by atoms with Gasteiger partial charge in [-0.2, -0.15) is 0 Å². The number of benzene rings is 1. The van der Waals surface area contributed by atoms with Gasteiger partial charge in [0.1, 0.15) is 12.4 Å². The van der Waals surface area contributed by atoms with Gasteiger partial charge in [0.2, 0.25) is 0 Å². The molecule has 92 valence electrons. The lowest BCUT2D eigenvalue weighted by molar-refractivity contribution is 0.00731. The summed E-state index contributed by atoms with van der Waals surface area (Å²) in [5, 5.41) is 0. The molecule has 1 saturated carbocycles. The quantitative estimate of drug-likeness (QED) is 0.710. The van der Waals surface area contributed by atoms with Crippen LogP contribution in [0.2, 0.25) is 0 Å². The van der Waals surface area contributed by atoms with Crippen LogP contribution in [0.3, 0.4) is 0 Å². The van der Waals surface area contributed by atoms with Crippen LogP contribution in [-0.2, 0) is 4.74 Å². The summed E-state index contributed by atoms with van der Waals surface area (Å²) in [6.45, 7) is 2.77. The predicted molar refractivity (Wildman–Crippen MR) is 65.5 cm³/mol. The van der Waals surface area contributed by atoms with Gasteiger partial charge in [-0.3, -0.25) is 4.79 Å². The molecule has 0 heterocycles. The minimum absolute atomic E-state index is 0.0416. The van der Waals surface area contributed by atoms with Crippen molar-refractivity contribution in [3.05, 3.63) is 29.8 Å². The molecule has 1 fully saturated rings. The smallest absolute Gasteiger partial charge is 0.188 e. The minimum Gasteiger partial charge on any atom is -0.494 e. The zero-order chi connectivity index (χ0) is 12.1. The fourth-order valence-corrected chi connectivity index (χ4v) is 1.72. The van der Waals surface area contributed by atoms with Crippen molar-refractivity contribution in [2.24, 2.45) is 0 Å². The van der Waals surface area contributed by atoms with Crippen LogP contribution in [0.1, 0.15) is 36.5 Å². The van der Waals surface area contributed by atoms with Crippen LogP contribution in [-0.4, -0.2) is 25.1 Å². The first kappa shape index (κ1) is 12.1. The normalized spacial score (nSPS) is 15.4. The molecule has 1 aromatic carbocycles. The highest BCUT2D eigenvalue weighted by Crippen LogP contribution is 2.22. The van der Waals surface area contributed by atoms with E-state index in [1.165, 1.54) is 6.42 Å². The number of hydrogen-bond donors (Lipinski definition) is 0. The lowest BCUT2D eigenvalue weighted by Gasteiger charge is -2.25. The second-order valence-electron chi connectivity index (χ2n) is 4.24. The van der Waals surface area contributed by atoms with Gasteiger partial charge in [0.25, 0.3) is 0 Å². The molecule has 0 saturated heterocycles. The van der Waals surface area contributed by atoms with Gasteiger partial charge in [-0.15, -0.1) is 0 Å². The van der Waals surface area contributed by atoms with Crippen molar-refractivity contribution in [3.63, 3.8) is 0 Å². The van der Waals surface area contributed by atoms with E-state index in [2.05, 4.69) is 0 Å². The van der Waals surface area contributed by atoms with E-state index in [1.54, 1.807) is 12.1 Å². The molecule has 1 aliphatic carbocycles. The van der Waals surface area contributed by atoms with Crippen LogP contribution in [0, 0.1) is 0 Å². The van der Waals surface area contributed by atoms with E-state index in [9.17, 15) is 4.79 Å². The summed E-state index contributed by atoms with van der Waals surface area (Å²) in [7, 11) is 0. The molecule has 0 bridgehead atoms. The highest BCUT2D eigenvalue weighted by molar-refractivity contribution is 5.97. The summed E-state index contributed by atoms with van der Waals surface area (Å²) in [5.41, 5.74) is 0.688. The van der Waals surface area contributed by atoms with E-state index in [1.807, 2.05) is 19.1 Å². The molecular weight excluding hydrogens is 216 g/mol. The summed E-state index contributed by atoms with van der Waals surface area (Å²) in [5.74, 6) is 0.837. The molecule has 1 aromatic rings. The van der Waals surface area contributed by atoms with Gasteiger partial charge in [0.05, 0.1) is 12.7 Å². The third kappa shape index (κ3) is 3.30. The fourth-order valence-electron chi connectivity index (χ4n) is 1.72. The molecule has 0 radical (unpaired) electrons. The maximum atomic E-state index is 11.8. The Morgan fingerprint density at radius 2 is 2.00 bits per heavy atom. The molecular formula is C14H18O3. The van der Waals surface area contributed by atoms with E-state index in [4.69, 9.17) is 9.47 Å². The summed E-state index contributed by atoms with van der Waals surface area (Å²) in [4.78, 5) is 11.8. The molecule has 1 aliphatic rings. The van der Waals surface area contributed by atoms with Crippen molar-refractivity contribution in [2.75, 3.05) is 13.2 Å². The first-order valence-corrected chi connectivity index (χ1v) is 6.17. The van der Waals surface area contributed by atoms with Gasteiger partial charge in [-0.1, -0.05) is 0 Å². The first-order valence-electron chi connectivity index (χ1n) is 6.17. The van der Waals surface area contributed by atoms with Crippen LogP contribution in [0.15, 0.2) is 24.3 Å². The molecule has 0 aromatic heterocycles. The van der Waals surface area contributed by atoms with Gasteiger partial charge in [0.15, 0.2) is 5.78 Å². The van der Waals surface area contributed by atoms with Crippen molar-refractivity contribution in [2.45, 2.75) is 32.3 Å². The van der Waals surface area contributed by atoms with Crippen LogP contribution in [0.25, 0.3) is 0 Å². The highest BCUT2D eigenvalue weighted by Gasteiger charge is 2.19. The van der Waals surface area contributed by atoms with Crippen LogP contribution >= 0.6 is 0 Å². The first-order chi connectivity index (χ1) is 8.29. The van der Waals surface area contributed by atoms with E-state index >= 15 is 0 Å². The number of rotatable bonds is 6. The molecule has 0 N–H and O–H groups in total. The SMILES string of the molecule is CCOc1ccc(C(=O)COC2CCC2)cc1. The number of Topliss-reactive ketones (excluding diaryl/α,β-unsaturated/α-hetero) is 1. The maximum Gasteiger partial charge on any atom is 0.188 e. The number of carbonyl (C=O) groups is 1. The summed E-state index contributed by atoms with van der Waals surface area (Å²) in [6, 6.07) is 7.22. The lowest BCUT2D eigenvalue weighted by atomic mass is 9.96. The van der Waals surface area contributed by atoms with E-state index in [0.29, 0.717) is 18.3 Å². The zero-order valence-corrected chi connectivity index (χ0v) is 10.1. The molecule has 0 aliphatic heterocycles. The van der Waals surface area contributed by atoms with Gasteiger partial charge in [-0.05, 0) is 50.5 Å². The lowest BCUT2D eigenvalue weighted by Crippen LogP contribution is -2.24. The Morgan fingerprint density at radius 1 is 1.29 bits per heavy atom. The van der Waals surface area contributed by atoms with Crippen molar-refractivity contribution in [1.29, 1.82) is 0 Å². The van der Waals surface area contributed by atoms with Gasteiger partial charge < -0.3 is 9.47 Å².